The minimum Gasteiger partial charge on any atom is -0.301 e. The first-order valence-corrected chi connectivity index (χ1v) is 6.22. The Morgan fingerprint density at radius 3 is 2.67 bits per heavy atom. The van der Waals surface area contributed by atoms with Crippen molar-refractivity contribution in [1.29, 1.82) is 0 Å². The average molecular weight is 260 g/mol. The molecule has 0 aliphatic rings. The zero-order valence-electron chi connectivity index (χ0n) is 10.1. The highest BCUT2D eigenvalue weighted by molar-refractivity contribution is 7.99. The van der Waals surface area contributed by atoms with Gasteiger partial charge in [0.15, 0.2) is 5.16 Å². The van der Waals surface area contributed by atoms with E-state index in [1.165, 1.54) is 17.8 Å². The Hall–Kier alpha value is -1.88. The van der Waals surface area contributed by atoms with E-state index in [2.05, 4.69) is 9.97 Å². The van der Waals surface area contributed by atoms with Crippen molar-refractivity contribution >= 4 is 18.0 Å². The summed E-state index contributed by atoms with van der Waals surface area (Å²) in [5.41, 5.74) is 2.10. The van der Waals surface area contributed by atoms with E-state index in [0.717, 1.165) is 16.7 Å². The summed E-state index contributed by atoms with van der Waals surface area (Å²) in [6.45, 7) is 3.65. The first-order valence-electron chi connectivity index (χ1n) is 5.40. The van der Waals surface area contributed by atoms with Crippen LogP contribution in [0.1, 0.15) is 21.6 Å². The highest BCUT2D eigenvalue weighted by Crippen LogP contribution is 2.25. The quantitative estimate of drug-likeness (QED) is 0.679. The number of aromatic amines is 1. The van der Waals surface area contributed by atoms with E-state index >= 15 is 0 Å². The number of aromatic nitrogens is 2. The number of aryl methyl sites for hydroxylation is 2. The van der Waals surface area contributed by atoms with Gasteiger partial charge in [-0.15, -0.1) is 0 Å². The molecule has 0 saturated heterocycles. The lowest BCUT2D eigenvalue weighted by atomic mass is 10.1. The minimum absolute atomic E-state index is 0.161. The average Bonchev–Trinajstić information content (AvgIpc) is 2.27. The number of aldehydes is 1. The molecule has 0 saturated carbocycles. The predicted octanol–water partition coefficient (Wildman–Crippen LogP) is 2.35. The van der Waals surface area contributed by atoms with Crippen LogP contribution in [-0.2, 0) is 0 Å². The molecule has 92 valence electrons. The summed E-state index contributed by atoms with van der Waals surface area (Å²) in [7, 11) is 0. The maximum atomic E-state index is 11.3. The molecule has 2 aromatic rings. The van der Waals surface area contributed by atoms with E-state index in [9.17, 15) is 9.59 Å². The van der Waals surface area contributed by atoms with Gasteiger partial charge in [-0.2, -0.15) is 0 Å². The topological polar surface area (TPSA) is 62.8 Å². The molecule has 1 heterocycles. The molecule has 1 aromatic heterocycles. The smallest absolute Gasteiger partial charge is 0.251 e. The first-order chi connectivity index (χ1) is 8.58. The number of carbonyl (C=O) groups excluding carboxylic acids is 1. The van der Waals surface area contributed by atoms with Gasteiger partial charge in [0.2, 0.25) is 0 Å². The number of benzene rings is 1. The highest BCUT2D eigenvalue weighted by Gasteiger charge is 2.04. The molecule has 0 aliphatic heterocycles. The number of hydrogen-bond donors (Lipinski definition) is 1. The second-order valence-corrected chi connectivity index (χ2v) is 4.99. The van der Waals surface area contributed by atoms with Gasteiger partial charge >= 0.3 is 0 Å². The third-order valence-electron chi connectivity index (χ3n) is 2.43. The van der Waals surface area contributed by atoms with E-state index in [1.54, 1.807) is 13.0 Å². The van der Waals surface area contributed by atoms with Crippen molar-refractivity contribution < 1.29 is 4.79 Å². The van der Waals surface area contributed by atoms with Crippen molar-refractivity contribution in [3.8, 4) is 0 Å². The van der Waals surface area contributed by atoms with Crippen LogP contribution in [0.5, 0.6) is 0 Å². The Balaban J connectivity index is 2.31. The molecule has 0 bridgehead atoms. The first kappa shape index (κ1) is 12.6. The van der Waals surface area contributed by atoms with Crippen molar-refractivity contribution in [3.63, 3.8) is 0 Å². The Bertz CT molecular complexity index is 650. The Labute approximate surface area is 108 Å². The fraction of sp³-hybridized carbons (Fsp3) is 0.154. The van der Waals surface area contributed by atoms with Crippen LogP contribution in [-0.4, -0.2) is 16.3 Å². The lowest BCUT2D eigenvalue weighted by Gasteiger charge is -2.04. The maximum absolute atomic E-state index is 11.3. The van der Waals surface area contributed by atoms with Gasteiger partial charge in [0.25, 0.3) is 5.56 Å². The molecule has 18 heavy (non-hydrogen) atoms. The molecule has 0 amide bonds. The SMILES string of the molecule is Cc1cc(=O)[nH]c(Sc2ccc(C=O)c(C)c2)n1. The molecule has 0 fully saturated rings. The Morgan fingerprint density at radius 2 is 2.06 bits per heavy atom. The molecule has 0 unspecified atom stereocenters. The van der Waals surface area contributed by atoms with Gasteiger partial charge in [-0.3, -0.25) is 9.59 Å². The van der Waals surface area contributed by atoms with Crippen LogP contribution in [0.4, 0.5) is 0 Å². The van der Waals surface area contributed by atoms with Crippen LogP contribution >= 0.6 is 11.8 Å². The Kier molecular flexibility index (Phi) is 3.62. The molecule has 1 N–H and O–H groups in total. The number of nitrogens with zero attached hydrogens (tertiary/aromatic N) is 1. The van der Waals surface area contributed by atoms with E-state index in [-0.39, 0.29) is 5.56 Å². The molecule has 1 aromatic carbocycles. The van der Waals surface area contributed by atoms with Crippen LogP contribution in [0, 0.1) is 13.8 Å². The molecule has 5 heteroatoms. The number of H-pyrrole nitrogens is 1. The predicted molar refractivity (Wildman–Crippen MR) is 70.3 cm³/mol. The number of carbonyl (C=O) groups is 1. The van der Waals surface area contributed by atoms with Gasteiger partial charge in [0.1, 0.15) is 6.29 Å². The minimum atomic E-state index is -0.161. The summed E-state index contributed by atoms with van der Waals surface area (Å²) in [4.78, 5) is 29.9. The third kappa shape index (κ3) is 2.87. The van der Waals surface area contributed by atoms with Crippen LogP contribution in [0.3, 0.4) is 0 Å². The summed E-state index contributed by atoms with van der Waals surface area (Å²) in [5, 5.41) is 0.554. The molecule has 0 aliphatic carbocycles. The third-order valence-corrected chi connectivity index (χ3v) is 3.31. The summed E-state index contributed by atoms with van der Waals surface area (Å²) >= 11 is 1.37. The molecular weight excluding hydrogens is 248 g/mol. The molecule has 0 atom stereocenters. The van der Waals surface area contributed by atoms with Gasteiger partial charge in [-0.1, -0.05) is 17.8 Å². The normalized spacial score (nSPS) is 10.3. The number of hydrogen-bond acceptors (Lipinski definition) is 4. The highest BCUT2D eigenvalue weighted by atomic mass is 32.2. The fourth-order valence-corrected chi connectivity index (χ4v) is 2.49. The van der Waals surface area contributed by atoms with E-state index < -0.39 is 0 Å². The van der Waals surface area contributed by atoms with Gasteiger partial charge in [0, 0.05) is 22.2 Å². The summed E-state index contributed by atoms with van der Waals surface area (Å²) in [5.74, 6) is 0. The largest absolute Gasteiger partial charge is 0.301 e. The Morgan fingerprint density at radius 1 is 1.28 bits per heavy atom. The molecule has 0 spiro atoms. The van der Waals surface area contributed by atoms with E-state index in [1.807, 2.05) is 19.1 Å². The van der Waals surface area contributed by atoms with Crippen LogP contribution in [0.25, 0.3) is 0 Å². The number of rotatable bonds is 3. The van der Waals surface area contributed by atoms with Crippen LogP contribution in [0.15, 0.2) is 39.1 Å². The van der Waals surface area contributed by atoms with Crippen LogP contribution < -0.4 is 5.56 Å². The van der Waals surface area contributed by atoms with Crippen molar-refractivity contribution in [1.82, 2.24) is 9.97 Å². The van der Waals surface area contributed by atoms with Crippen molar-refractivity contribution in [3.05, 3.63) is 51.4 Å². The van der Waals surface area contributed by atoms with Crippen molar-refractivity contribution in [2.75, 3.05) is 0 Å². The number of nitrogens with one attached hydrogen (secondary N) is 1. The zero-order chi connectivity index (χ0) is 13.1. The van der Waals surface area contributed by atoms with Gasteiger partial charge < -0.3 is 4.98 Å². The molecule has 4 nitrogen and oxygen atoms in total. The van der Waals surface area contributed by atoms with Gasteiger partial charge in [0.05, 0.1) is 0 Å². The summed E-state index contributed by atoms with van der Waals surface area (Å²) < 4.78 is 0. The van der Waals surface area contributed by atoms with Gasteiger partial charge in [-0.25, -0.2) is 4.98 Å². The lowest BCUT2D eigenvalue weighted by molar-refractivity contribution is 0.112. The monoisotopic (exact) mass is 260 g/mol. The standard InChI is InChI=1S/C13H12N2O2S/c1-8-5-11(4-3-10(8)7-16)18-13-14-9(2)6-12(17)15-13/h3-7H,1-2H3,(H,14,15,17). The molecule has 2 rings (SSSR count). The zero-order valence-corrected chi connectivity index (χ0v) is 10.9. The van der Waals surface area contributed by atoms with Crippen molar-refractivity contribution in [2.24, 2.45) is 0 Å². The fourth-order valence-electron chi connectivity index (χ4n) is 1.56. The van der Waals surface area contributed by atoms with E-state index in [0.29, 0.717) is 16.4 Å². The van der Waals surface area contributed by atoms with Gasteiger partial charge in [-0.05, 0) is 31.5 Å². The molecule has 0 radical (unpaired) electrons. The van der Waals surface area contributed by atoms with E-state index in [4.69, 9.17) is 0 Å². The summed E-state index contributed by atoms with van der Waals surface area (Å²) in [6.07, 6.45) is 0.830. The second-order valence-electron chi connectivity index (χ2n) is 3.93. The van der Waals surface area contributed by atoms with Crippen molar-refractivity contribution in [2.45, 2.75) is 23.9 Å². The second kappa shape index (κ2) is 5.18. The maximum Gasteiger partial charge on any atom is 0.251 e. The summed E-state index contributed by atoms with van der Waals surface area (Å²) in [6, 6.07) is 6.95. The lowest BCUT2D eigenvalue weighted by Crippen LogP contribution is -2.07. The molecular formula is C13H12N2O2S. The van der Waals surface area contributed by atoms with Crippen LogP contribution in [0.2, 0.25) is 0 Å².